The summed E-state index contributed by atoms with van der Waals surface area (Å²) in [6.07, 6.45) is 1.05. The monoisotopic (exact) mass is 301 g/mol. The molecule has 0 unspecified atom stereocenters. The molecule has 1 rings (SSSR count). The third kappa shape index (κ3) is 4.52. The number of ether oxygens (including phenoxy) is 1. The van der Waals surface area contributed by atoms with Crippen molar-refractivity contribution in [3.05, 3.63) is 32.8 Å². The summed E-state index contributed by atoms with van der Waals surface area (Å²) in [5.74, 6) is 0.523. The van der Waals surface area contributed by atoms with Crippen molar-refractivity contribution in [2.45, 2.75) is 19.8 Å². The van der Waals surface area contributed by atoms with E-state index in [4.69, 9.17) is 4.74 Å². The van der Waals surface area contributed by atoms with Gasteiger partial charge in [0.1, 0.15) is 11.5 Å². The molecule has 0 aliphatic rings. The summed E-state index contributed by atoms with van der Waals surface area (Å²) in [5, 5.41) is 10.6. The van der Waals surface area contributed by atoms with Crippen molar-refractivity contribution in [3.8, 4) is 5.75 Å². The lowest BCUT2D eigenvalue weighted by atomic mass is 10.2. The van der Waals surface area contributed by atoms with E-state index in [0.29, 0.717) is 29.7 Å². The quantitative estimate of drug-likeness (QED) is 0.460. The summed E-state index contributed by atoms with van der Waals surface area (Å²) in [6.45, 7) is 1.88. The second-order valence-electron chi connectivity index (χ2n) is 3.53. The number of benzene rings is 1. The number of carbonyl (C=O) groups excluding carboxylic acids is 1. The Bertz CT molecular complexity index is 433. The lowest BCUT2D eigenvalue weighted by Crippen LogP contribution is -2.01. The fourth-order valence-corrected chi connectivity index (χ4v) is 1.58. The smallest absolute Gasteiger partial charge is 0.273 e. The zero-order valence-electron chi connectivity index (χ0n) is 9.31. The summed E-state index contributed by atoms with van der Waals surface area (Å²) >= 11 is 3.25. The Kier molecular flexibility index (Phi) is 5.09. The number of halogens is 1. The maximum absolute atomic E-state index is 10.7. The predicted molar refractivity (Wildman–Crippen MR) is 66.2 cm³/mol. The molecule has 0 spiro atoms. The molecule has 1 aromatic carbocycles. The van der Waals surface area contributed by atoms with Crippen LogP contribution in [0.4, 0.5) is 5.69 Å². The molecule has 0 radical (unpaired) electrons. The van der Waals surface area contributed by atoms with Crippen LogP contribution < -0.4 is 4.74 Å². The van der Waals surface area contributed by atoms with Crippen molar-refractivity contribution in [1.29, 1.82) is 0 Å². The molecular weight excluding hydrogens is 290 g/mol. The van der Waals surface area contributed by atoms with Crippen LogP contribution in [0.5, 0.6) is 5.75 Å². The van der Waals surface area contributed by atoms with Gasteiger partial charge in [0, 0.05) is 12.5 Å². The van der Waals surface area contributed by atoms with E-state index < -0.39 is 4.92 Å². The summed E-state index contributed by atoms with van der Waals surface area (Å²) in [7, 11) is 0. The molecule has 1 aromatic rings. The van der Waals surface area contributed by atoms with E-state index in [1.54, 1.807) is 6.07 Å². The molecule has 0 N–H and O–H groups in total. The van der Waals surface area contributed by atoms with Gasteiger partial charge in [-0.2, -0.15) is 0 Å². The van der Waals surface area contributed by atoms with Crippen molar-refractivity contribution in [3.63, 3.8) is 0 Å². The molecule has 0 bridgehead atoms. The highest BCUT2D eigenvalue weighted by Gasteiger charge is 2.10. The highest BCUT2D eigenvalue weighted by molar-refractivity contribution is 9.10. The largest absolute Gasteiger partial charge is 0.492 e. The van der Waals surface area contributed by atoms with E-state index in [9.17, 15) is 14.9 Å². The molecule has 17 heavy (non-hydrogen) atoms. The highest BCUT2D eigenvalue weighted by Crippen LogP contribution is 2.29. The number of nitro groups is 1. The Morgan fingerprint density at radius 1 is 1.53 bits per heavy atom. The highest BCUT2D eigenvalue weighted by atomic mass is 79.9. The summed E-state index contributed by atoms with van der Waals surface area (Å²) in [4.78, 5) is 20.8. The zero-order chi connectivity index (χ0) is 12.8. The van der Waals surface area contributed by atoms with E-state index in [0.717, 1.165) is 0 Å². The Balaban J connectivity index is 2.60. The second-order valence-corrected chi connectivity index (χ2v) is 4.38. The molecule has 5 nitrogen and oxygen atoms in total. The van der Waals surface area contributed by atoms with E-state index in [1.807, 2.05) is 0 Å². The van der Waals surface area contributed by atoms with Crippen LogP contribution in [-0.4, -0.2) is 17.3 Å². The number of nitrogens with zero attached hydrogens (tertiary/aromatic N) is 1. The molecule has 0 saturated carbocycles. The Labute approximate surface area is 107 Å². The van der Waals surface area contributed by atoms with Crippen molar-refractivity contribution in [1.82, 2.24) is 0 Å². The van der Waals surface area contributed by atoms with Gasteiger partial charge < -0.3 is 9.53 Å². The number of ketones is 1. The lowest BCUT2D eigenvalue weighted by molar-refractivity contribution is -0.385. The minimum absolute atomic E-state index is 0.0187. The second kappa shape index (κ2) is 6.34. The molecule has 0 amide bonds. The van der Waals surface area contributed by atoms with Gasteiger partial charge in [0.05, 0.1) is 22.1 Å². The first-order chi connectivity index (χ1) is 8.00. The van der Waals surface area contributed by atoms with Gasteiger partial charge in [0.15, 0.2) is 0 Å². The van der Waals surface area contributed by atoms with Crippen LogP contribution in [0.25, 0.3) is 0 Å². The molecule has 0 atom stereocenters. The van der Waals surface area contributed by atoms with Gasteiger partial charge in [-0.1, -0.05) is 0 Å². The van der Waals surface area contributed by atoms with Gasteiger partial charge in [0.2, 0.25) is 0 Å². The topological polar surface area (TPSA) is 69.4 Å². The van der Waals surface area contributed by atoms with E-state index in [2.05, 4.69) is 15.9 Å². The minimum atomic E-state index is -0.477. The summed E-state index contributed by atoms with van der Waals surface area (Å²) in [6, 6.07) is 4.32. The third-order valence-corrected chi connectivity index (χ3v) is 2.71. The maximum Gasteiger partial charge on any atom is 0.273 e. The average Bonchev–Trinajstić information content (AvgIpc) is 2.25. The van der Waals surface area contributed by atoms with Crippen LogP contribution in [0, 0.1) is 10.1 Å². The number of nitro benzene ring substituents is 1. The number of carbonyl (C=O) groups is 1. The molecule has 0 aromatic heterocycles. The van der Waals surface area contributed by atoms with Crippen LogP contribution in [0.3, 0.4) is 0 Å². The van der Waals surface area contributed by atoms with Crippen molar-refractivity contribution < 1.29 is 14.5 Å². The number of Topliss-reactive ketones (excluding diaryl/α,β-unsaturated/α-hetero) is 1. The molecule has 92 valence electrons. The maximum atomic E-state index is 10.7. The van der Waals surface area contributed by atoms with E-state index in [1.165, 1.54) is 19.1 Å². The third-order valence-electron chi connectivity index (χ3n) is 2.06. The molecule has 0 aliphatic heterocycles. The Hall–Kier alpha value is -1.43. The first-order valence-corrected chi connectivity index (χ1v) is 5.86. The van der Waals surface area contributed by atoms with Gasteiger partial charge in [-0.05, 0) is 35.3 Å². The van der Waals surface area contributed by atoms with Gasteiger partial charge in [-0.15, -0.1) is 0 Å². The van der Waals surface area contributed by atoms with Gasteiger partial charge in [-0.25, -0.2) is 0 Å². The van der Waals surface area contributed by atoms with Gasteiger partial charge in [0.25, 0.3) is 5.69 Å². The molecule has 0 fully saturated rings. The van der Waals surface area contributed by atoms with Crippen molar-refractivity contribution in [2.75, 3.05) is 6.61 Å². The van der Waals surface area contributed by atoms with Crippen LogP contribution in [0.2, 0.25) is 0 Å². The Morgan fingerprint density at radius 3 is 2.82 bits per heavy atom. The van der Waals surface area contributed by atoms with Crippen molar-refractivity contribution in [2.24, 2.45) is 0 Å². The number of hydrogen-bond donors (Lipinski definition) is 0. The average molecular weight is 302 g/mol. The van der Waals surface area contributed by atoms with Crippen LogP contribution >= 0.6 is 15.9 Å². The van der Waals surface area contributed by atoms with E-state index in [-0.39, 0.29) is 11.5 Å². The number of rotatable bonds is 6. The molecule has 0 saturated heterocycles. The van der Waals surface area contributed by atoms with Gasteiger partial charge in [-0.3, -0.25) is 10.1 Å². The predicted octanol–water partition coefficient (Wildman–Crippen LogP) is 3.11. The first-order valence-electron chi connectivity index (χ1n) is 5.07. The van der Waals surface area contributed by atoms with Crippen LogP contribution in [-0.2, 0) is 4.79 Å². The Morgan fingerprint density at radius 2 is 2.24 bits per heavy atom. The fourth-order valence-electron chi connectivity index (χ4n) is 1.22. The standard InChI is InChI=1S/C11H12BrNO4/c1-8(14)3-2-6-17-11-7-9(13(15)16)4-5-10(11)12/h4-5,7H,2-3,6H2,1H3. The van der Waals surface area contributed by atoms with Crippen molar-refractivity contribution >= 4 is 27.4 Å². The number of non-ortho nitro benzene ring substituents is 1. The number of hydrogen-bond acceptors (Lipinski definition) is 4. The van der Waals surface area contributed by atoms with Crippen LogP contribution in [0.15, 0.2) is 22.7 Å². The lowest BCUT2D eigenvalue weighted by Gasteiger charge is -2.07. The first kappa shape index (κ1) is 13.6. The SMILES string of the molecule is CC(=O)CCCOc1cc([N+](=O)[O-])ccc1Br. The zero-order valence-corrected chi connectivity index (χ0v) is 10.9. The molecule has 0 aliphatic carbocycles. The molecule has 0 heterocycles. The van der Waals surface area contributed by atoms with Crippen LogP contribution in [0.1, 0.15) is 19.8 Å². The normalized spacial score (nSPS) is 10.0. The minimum Gasteiger partial charge on any atom is -0.492 e. The summed E-state index contributed by atoms with van der Waals surface area (Å²) in [5.41, 5.74) is -0.0187. The van der Waals surface area contributed by atoms with Gasteiger partial charge >= 0.3 is 0 Å². The molecular formula is C11H12BrNO4. The van der Waals surface area contributed by atoms with E-state index >= 15 is 0 Å². The molecule has 6 heteroatoms. The fraction of sp³-hybridized carbons (Fsp3) is 0.364. The summed E-state index contributed by atoms with van der Waals surface area (Å²) < 4.78 is 6.03.